The summed E-state index contributed by atoms with van der Waals surface area (Å²) in [6.07, 6.45) is 1.50. The summed E-state index contributed by atoms with van der Waals surface area (Å²) in [5.74, 6) is 2.61. The molecular formula is C14H15N5O2. The molecule has 0 bridgehead atoms. The molecule has 3 rings (SSSR count). The standard InChI is InChI=1S/C14H15N5O2/c1-8-4-13(19-18-8)17-14-9-5-11(20-2)12(21-3)6-10(9)15-7-16-14/h4-7H,1-3H3,(H2,15,16,17,18,19). The Bertz CT molecular complexity index is 784. The van der Waals surface area contributed by atoms with E-state index in [-0.39, 0.29) is 0 Å². The van der Waals surface area contributed by atoms with Gasteiger partial charge in [0.2, 0.25) is 0 Å². The first-order valence-corrected chi connectivity index (χ1v) is 6.37. The summed E-state index contributed by atoms with van der Waals surface area (Å²) in [5.41, 5.74) is 1.73. The lowest BCUT2D eigenvalue weighted by molar-refractivity contribution is 0.356. The lowest BCUT2D eigenvalue weighted by Gasteiger charge is -2.11. The second-order valence-electron chi connectivity index (χ2n) is 4.51. The summed E-state index contributed by atoms with van der Waals surface area (Å²) in [5, 5.41) is 11.0. The van der Waals surface area contributed by atoms with Crippen molar-refractivity contribution in [3.63, 3.8) is 0 Å². The van der Waals surface area contributed by atoms with Gasteiger partial charge in [-0.25, -0.2) is 9.97 Å². The van der Waals surface area contributed by atoms with Crippen molar-refractivity contribution in [3.05, 3.63) is 30.2 Å². The predicted molar refractivity (Wildman–Crippen MR) is 79.2 cm³/mol. The molecule has 2 aromatic heterocycles. The van der Waals surface area contributed by atoms with Crippen LogP contribution in [0.2, 0.25) is 0 Å². The molecule has 0 fully saturated rings. The van der Waals surface area contributed by atoms with E-state index in [1.165, 1.54) is 6.33 Å². The maximum absolute atomic E-state index is 5.32. The van der Waals surface area contributed by atoms with Crippen molar-refractivity contribution < 1.29 is 9.47 Å². The average molecular weight is 285 g/mol. The molecule has 7 heteroatoms. The first-order chi connectivity index (χ1) is 10.2. The number of benzene rings is 1. The fraction of sp³-hybridized carbons (Fsp3) is 0.214. The smallest absolute Gasteiger partial charge is 0.162 e. The number of aryl methyl sites for hydroxylation is 1. The Morgan fingerprint density at radius 2 is 1.81 bits per heavy atom. The average Bonchev–Trinajstić information content (AvgIpc) is 2.91. The Kier molecular flexibility index (Phi) is 3.31. The Labute approximate surface area is 121 Å². The van der Waals surface area contributed by atoms with Gasteiger partial charge in [0.05, 0.1) is 19.7 Å². The molecule has 0 radical (unpaired) electrons. The number of aromatic amines is 1. The molecule has 0 atom stereocenters. The highest BCUT2D eigenvalue weighted by Crippen LogP contribution is 2.34. The largest absolute Gasteiger partial charge is 0.493 e. The summed E-state index contributed by atoms with van der Waals surface area (Å²) in [4.78, 5) is 8.53. The van der Waals surface area contributed by atoms with Crippen LogP contribution in [-0.2, 0) is 0 Å². The lowest BCUT2D eigenvalue weighted by Crippen LogP contribution is -1.98. The van der Waals surface area contributed by atoms with Crippen molar-refractivity contribution in [2.24, 2.45) is 0 Å². The van der Waals surface area contributed by atoms with Gasteiger partial charge in [0, 0.05) is 23.2 Å². The number of nitrogens with zero attached hydrogens (tertiary/aromatic N) is 3. The number of H-pyrrole nitrogens is 1. The fourth-order valence-electron chi connectivity index (χ4n) is 2.09. The van der Waals surface area contributed by atoms with Crippen LogP contribution < -0.4 is 14.8 Å². The van der Waals surface area contributed by atoms with Crippen molar-refractivity contribution in [1.29, 1.82) is 0 Å². The zero-order valence-electron chi connectivity index (χ0n) is 12.0. The quantitative estimate of drug-likeness (QED) is 0.765. The summed E-state index contributed by atoms with van der Waals surface area (Å²) >= 11 is 0. The van der Waals surface area contributed by atoms with Crippen LogP contribution >= 0.6 is 0 Å². The van der Waals surface area contributed by atoms with Crippen LogP contribution in [0.1, 0.15) is 5.69 Å². The molecule has 0 aliphatic carbocycles. The van der Waals surface area contributed by atoms with E-state index < -0.39 is 0 Å². The predicted octanol–water partition coefficient (Wildman–Crippen LogP) is 2.42. The highest BCUT2D eigenvalue weighted by molar-refractivity contribution is 5.92. The van der Waals surface area contributed by atoms with Crippen molar-refractivity contribution in [1.82, 2.24) is 20.2 Å². The van der Waals surface area contributed by atoms with E-state index >= 15 is 0 Å². The minimum Gasteiger partial charge on any atom is -0.493 e. The third-order valence-electron chi connectivity index (χ3n) is 3.09. The molecule has 1 aromatic carbocycles. The van der Waals surface area contributed by atoms with E-state index in [0.29, 0.717) is 23.1 Å². The van der Waals surface area contributed by atoms with Gasteiger partial charge in [0.15, 0.2) is 17.3 Å². The van der Waals surface area contributed by atoms with Crippen molar-refractivity contribution >= 4 is 22.5 Å². The molecule has 2 N–H and O–H groups in total. The molecule has 0 unspecified atom stereocenters. The van der Waals surface area contributed by atoms with E-state index in [9.17, 15) is 0 Å². The highest BCUT2D eigenvalue weighted by Gasteiger charge is 2.11. The van der Waals surface area contributed by atoms with Crippen LogP contribution in [0.25, 0.3) is 10.9 Å². The van der Waals surface area contributed by atoms with Crippen molar-refractivity contribution in [3.8, 4) is 11.5 Å². The maximum atomic E-state index is 5.32. The van der Waals surface area contributed by atoms with Gasteiger partial charge in [-0.3, -0.25) is 5.10 Å². The first-order valence-electron chi connectivity index (χ1n) is 6.37. The van der Waals surface area contributed by atoms with Crippen LogP contribution in [0.3, 0.4) is 0 Å². The van der Waals surface area contributed by atoms with Crippen molar-refractivity contribution in [2.45, 2.75) is 6.92 Å². The van der Waals surface area contributed by atoms with E-state index in [2.05, 4.69) is 25.5 Å². The van der Waals surface area contributed by atoms with Gasteiger partial charge in [0.1, 0.15) is 12.1 Å². The summed E-state index contributed by atoms with van der Waals surface area (Å²) in [7, 11) is 3.19. The number of ether oxygens (including phenoxy) is 2. The number of rotatable bonds is 4. The van der Waals surface area contributed by atoms with Crippen LogP contribution in [0.15, 0.2) is 24.5 Å². The third-order valence-corrected chi connectivity index (χ3v) is 3.09. The zero-order valence-corrected chi connectivity index (χ0v) is 12.0. The number of nitrogens with one attached hydrogen (secondary N) is 2. The summed E-state index contributed by atoms with van der Waals surface area (Å²) in [6, 6.07) is 5.56. The molecule has 0 amide bonds. The Balaban J connectivity index is 2.10. The molecular weight excluding hydrogens is 270 g/mol. The van der Waals surface area contributed by atoms with Crippen LogP contribution in [0.4, 0.5) is 11.6 Å². The van der Waals surface area contributed by atoms with E-state index in [4.69, 9.17) is 9.47 Å². The zero-order chi connectivity index (χ0) is 14.8. The monoisotopic (exact) mass is 285 g/mol. The Morgan fingerprint density at radius 1 is 1.05 bits per heavy atom. The number of anilines is 2. The Morgan fingerprint density at radius 3 is 2.48 bits per heavy atom. The topological polar surface area (TPSA) is 85.0 Å². The molecule has 21 heavy (non-hydrogen) atoms. The molecule has 3 aromatic rings. The number of fused-ring (bicyclic) bond motifs is 1. The minimum absolute atomic E-state index is 0.626. The van der Waals surface area contributed by atoms with Crippen LogP contribution in [0, 0.1) is 6.92 Å². The first kappa shape index (κ1) is 13.2. The SMILES string of the molecule is COc1cc2ncnc(Nc3cc(C)[nH]n3)c2cc1OC. The van der Waals surface area contributed by atoms with E-state index in [0.717, 1.165) is 16.6 Å². The number of hydrogen-bond acceptors (Lipinski definition) is 6. The van der Waals surface area contributed by atoms with Gasteiger partial charge < -0.3 is 14.8 Å². The number of aromatic nitrogens is 4. The second-order valence-corrected chi connectivity index (χ2v) is 4.51. The van der Waals surface area contributed by atoms with E-state index in [1.54, 1.807) is 14.2 Å². The Hall–Kier alpha value is -2.83. The molecule has 0 aliphatic heterocycles. The van der Waals surface area contributed by atoms with Gasteiger partial charge in [0.25, 0.3) is 0 Å². The molecule has 0 spiro atoms. The maximum Gasteiger partial charge on any atom is 0.162 e. The van der Waals surface area contributed by atoms with Gasteiger partial charge in [-0.2, -0.15) is 5.10 Å². The molecule has 0 saturated carbocycles. The highest BCUT2D eigenvalue weighted by atomic mass is 16.5. The molecule has 0 saturated heterocycles. The van der Waals surface area contributed by atoms with Crippen LogP contribution in [-0.4, -0.2) is 34.4 Å². The molecule has 0 aliphatic rings. The van der Waals surface area contributed by atoms with Gasteiger partial charge in [-0.05, 0) is 13.0 Å². The third kappa shape index (κ3) is 2.45. The van der Waals surface area contributed by atoms with Crippen LogP contribution in [0.5, 0.6) is 11.5 Å². The fourth-order valence-corrected chi connectivity index (χ4v) is 2.09. The van der Waals surface area contributed by atoms with Gasteiger partial charge in [-0.15, -0.1) is 0 Å². The summed E-state index contributed by atoms with van der Waals surface area (Å²) in [6.45, 7) is 1.93. The van der Waals surface area contributed by atoms with E-state index in [1.807, 2.05) is 25.1 Å². The molecule has 108 valence electrons. The normalized spacial score (nSPS) is 10.6. The molecule has 2 heterocycles. The number of methoxy groups -OCH3 is 2. The van der Waals surface area contributed by atoms with Crippen molar-refractivity contribution in [2.75, 3.05) is 19.5 Å². The summed E-state index contributed by atoms with van der Waals surface area (Å²) < 4.78 is 10.6. The number of hydrogen-bond donors (Lipinski definition) is 2. The van der Waals surface area contributed by atoms with Gasteiger partial charge in [-0.1, -0.05) is 0 Å². The minimum atomic E-state index is 0.626. The van der Waals surface area contributed by atoms with Gasteiger partial charge >= 0.3 is 0 Å². The lowest BCUT2D eigenvalue weighted by atomic mass is 10.2. The second kappa shape index (κ2) is 5.28. The molecule has 7 nitrogen and oxygen atoms in total.